The van der Waals surface area contributed by atoms with Gasteiger partial charge in [-0.25, -0.2) is 9.97 Å². The lowest BCUT2D eigenvalue weighted by molar-refractivity contribution is 0.0953. The summed E-state index contributed by atoms with van der Waals surface area (Å²) in [7, 11) is 3.13. The standard InChI is InChI=1S/C26H22ClN5O3/c1-34-17-11-16(12-18(13-17)35-2)32-24(28)22(26(33)29-14-15-7-3-4-8-19(15)27)23-25(32)31-21-10-6-5-9-20(21)30-23/h3-13H,14,28H2,1-2H3,(H,29,33). The van der Waals surface area contributed by atoms with Crippen LogP contribution in [-0.2, 0) is 6.54 Å². The average Bonchev–Trinajstić information content (AvgIpc) is 3.16. The number of methoxy groups -OCH3 is 2. The highest BCUT2D eigenvalue weighted by molar-refractivity contribution is 6.31. The second-order valence-electron chi connectivity index (χ2n) is 7.83. The highest BCUT2D eigenvalue weighted by Crippen LogP contribution is 2.34. The van der Waals surface area contributed by atoms with E-state index >= 15 is 0 Å². The Hall–Kier alpha value is -4.30. The molecule has 0 aliphatic carbocycles. The van der Waals surface area contributed by atoms with Crippen LogP contribution in [0.3, 0.4) is 0 Å². The molecule has 176 valence electrons. The third-order valence-electron chi connectivity index (χ3n) is 5.72. The van der Waals surface area contributed by atoms with Gasteiger partial charge in [-0.1, -0.05) is 41.9 Å². The summed E-state index contributed by atoms with van der Waals surface area (Å²) in [5, 5.41) is 3.48. The largest absolute Gasteiger partial charge is 0.497 e. The molecule has 1 amide bonds. The number of aromatic nitrogens is 3. The Kier molecular flexibility index (Phi) is 5.88. The number of hydrogen-bond acceptors (Lipinski definition) is 6. The van der Waals surface area contributed by atoms with E-state index in [1.165, 1.54) is 0 Å². The van der Waals surface area contributed by atoms with E-state index in [0.29, 0.717) is 44.4 Å². The van der Waals surface area contributed by atoms with Crippen LogP contribution in [0.2, 0.25) is 5.02 Å². The zero-order valence-electron chi connectivity index (χ0n) is 19.1. The fraction of sp³-hybridized carbons (Fsp3) is 0.115. The van der Waals surface area contributed by atoms with Crippen LogP contribution in [0.1, 0.15) is 15.9 Å². The number of benzene rings is 3. The molecule has 5 rings (SSSR count). The zero-order valence-corrected chi connectivity index (χ0v) is 19.8. The molecule has 2 aromatic heterocycles. The molecule has 0 saturated heterocycles. The molecule has 9 heteroatoms. The number of fused-ring (bicyclic) bond motifs is 2. The summed E-state index contributed by atoms with van der Waals surface area (Å²) in [5.41, 5.74) is 10.4. The van der Waals surface area contributed by atoms with E-state index in [-0.39, 0.29) is 23.8 Å². The molecule has 0 saturated carbocycles. The molecule has 0 aliphatic rings. The fourth-order valence-corrected chi connectivity index (χ4v) is 4.18. The van der Waals surface area contributed by atoms with Gasteiger partial charge in [0.25, 0.3) is 5.91 Å². The molecule has 0 fully saturated rings. The van der Waals surface area contributed by atoms with Crippen molar-refractivity contribution in [3.63, 3.8) is 0 Å². The second kappa shape index (κ2) is 9.15. The van der Waals surface area contributed by atoms with Crippen molar-refractivity contribution in [1.82, 2.24) is 19.9 Å². The smallest absolute Gasteiger partial charge is 0.257 e. The van der Waals surface area contributed by atoms with Crippen molar-refractivity contribution >= 4 is 45.5 Å². The summed E-state index contributed by atoms with van der Waals surface area (Å²) in [6, 6.07) is 20.1. The predicted octanol–water partition coefficient (Wildman–Crippen LogP) is 4.76. The molecule has 0 spiro atoms. The van der Waals surface area contributed by atoms with Crippen molar-refractivity contribution in [1.29, 1.82) is 0 Å². The summed E-state index contributed by atoms with van der Waals surface area (Å²) in [6.45, 7) is 0.235. The molecule has 8 nitrogen and oxygen atoms in total. The number of rotatable bonds is 6. The van der Waals surface area contributed by atoms with Crippen LogP contribution in [0.4, 0.5) is 5.82 Å². The molecule has 3 N–H and O–H groups in total. The number of halogens is 1. The third kappa shape index (κ3) is 4.08. The number of ether oxygens (including phenoxy) is 2. The minimum absolute atomic E-state index is 0.197. The Bertz CT molecular complexity index is 1560. The average molecular weight is 488 g/mol. The SMILES string of the molecule is COc1cc(OC)cc(-n2c(N)c(C(=O)NCc3ccccc3Cl)c3nc4ccccc4nc32)c1. The van der Waals surface area contributed by atoms with Crippen molar-refractivity contribution in [3.8, 4) is 17.2 Å². The quantitative estimate of drug-likeness (QED) is 0.358. The molecule has 3 aromatic carbocycles. The van der Waals surface area contributed by atoms with Crippen LogP contribution in [0.5, 0.6) is 11.5 Å². The van der Waals surface area contributed by atoms with Gasteiger partial charge in [0.1, 0.15) is 28.4 Å². The number of para-hydroxylation sites is 2. The highest BCUT2D eigenvalue weighted by Gasteiger charge is 2.25. The lowest BCUT2D eigenvalue weighted by Gasteiger charge is -2.12. The Morgan fingerprint density at radius 3 is 2.26 bits per heavy atom. The van der Waals surface area contributed by atoms with Gasteiger partial charge in [0, 0.05) is 29.8 Å². The molecule has 0 bridgehead atoms. The lowest BCUT2D eigenvalue weighted by Crippen LogP contribution is -2.24. The first-order valence-electron chi connectivity index (χ1n) is 10.8. The summed E-state index contributed by atoms with van der Waals surface area (Å²) >= 11 is 6.26. The Morgan fingerprint density at radius 2 is 1.60 bits per heavy atom. The van der Waals surface area contributed by atoms with E-state index in [0.717, 1.165) is 5.56 Å². The Labute approximate surface area is 206 Å². The first-order chi connectivity index (χ1) is 17.0. The maximum atomic E-state index is 13.4. The van der Waals surface area contributed by atoms with Gasteiger partial charge in [0.05, 0.1) is 30.9 Å². The minimum atomic E-state index is -0.384. The van der Waals surface area contributed by atoms with Crippen molar-refractivity contribution in [3.05, 3.63) is 82.9 Å². The molecule has 0 atom stereocenters. The zero-order chi connectivity index (χ0) is 24.5. The molecule has 5 aromatic rings. The van der Waals surface area contributed by atoms with Gasteiger partial charge in [-0.2, -0.15) is 0 Å². The van der Waals surface area contributed by atoms with E-state index in [4.69, 9.17) is 36.8 Å². The molecule has 35 heavy (non-hydrogen) atoms. The number of carbonyl (C=O) groups excluding carboxylic acids is 1. The summed E-state index contributed by atoms with van der Waals surface area (Å²) in [4.78, 5) is 23.0. The van der Waals surface area contributed by atoms with Gasteiger partial charge < -0.3 is 20.5 Å². The van der Waals surface area contributed by atoms with Crippen molar-refractivity contribution in [2.75, 3.05) is 20.0 Å². The van der Waals surface area contributed by atoms with Gasteiger partial charge in [0.2, 0.25) is 0 Å². The Balaban J connectivity index is 1.69. The van der Waals surface area contributed by atoms with E-state index in [1.807, 2.05) is 42.5 Å². The van der Waals surface area contributed by atoms with Gasteiger partial charge in [-0.3, -0.25) is 9.36 Å². The molecule has 0 unspecified atom stereocenters. The summed E-state index contributed by atoms with van der Waals surface area (Å²) in [6.07, 6.45) is 0. The van der Waals surface area contributed by atoms with Crippen LogP contribution in [0, 0.1) is 0 Å². The predicted molar refractivity (Wildman–Crippen MR) is 137 cm³/mol. The van der Waals surface area contributed by atoms with E-state index in [9.17, 15) is 4.79 Å². The van der Waals surface area contributed by atoms with Crippen LogP contribution in [0.15, 0.2) is 66.7 Å². The number of amides is 1. The van der Waals surface area contributed by atoms with Crippen LogP contribution >= 0.6 is 11.6 Å². The van der Waals surface area contributed by atoms with E-state index in [1.54, 1.807) is 43.1 Å². The van der Waals surface area contributed by atoms with Crippen molar-refractivity contribution in [2.24, 2.45) is 0 Å². The lowest BCUT2D eigenvalue weighted by atomic mass is 10.2. The van der Waals surface area contributed by atoms with E-state index < -0.39 is 0 Å². The minimum Gasteiger partial charge on any atom is -0.497 e. The van der Waals surface area contributed by atoms with Crippen LogP contribution in [0.25, 0.3) is 27.9 Å². The number of nitrogens with one attached hydrogen (secondary N) is 1. The topological polar surface area (TPSA) is 104 Å². The number of carbonyl (C=O) groups is 1. The second-order valence-corrected chi connectivity index (χ2v) is 8.23. The summed E-state index contributed by atoms with van der Waals surface area (Å²) < 4.78 is 12.5. The highest BCUT2D eigenvalue weighted by atomic mass is 35.5. The fourth-order valence-electron chi connectivity index (χ4n) is 3.97. The summed E-state index contributed by atoms with van der Waals surface area (Å²) in [5.74, 6) is 0.950. The molecule has 0 radical (unpaired) electrons. The monoisotopic (exact) mass is 487 g/mol. The van der Waals surface area contributed by atoms with Crippen LogP contribution in [-0.4, -0.2) is 34.7 Å². The first-order valence-corrected chi connectivity index (χ1v) is 11.2. The van der Waals surface area contributed by atoms with Crippen molar-refractivity contribution in [2.45, 2.75) is 6.54 Å². The number of nitrogens with two attached hydrogens (primary N) is 1. The number of anilines is 1. The first kappa shape index (κ1) is 22.5. The van der Waals surface area contributed by atoms with Crippen molar-refractivity contribution < 1.29 is 14.3 Å². The Morgan fingerprint density at radius 1 is 0.971 bits per heavy atom. The maximum Gasteiger partial charge on any atom is 0.257 e. The van der Waals surface area contributed by atoms with Gasteiger partial charge in [-0.05, 0) is 23.8 Å². The molecular formula is C26H22ClN5O3. The molecule has 0 aliphatic heterocycles. The van der Waals surface area contributed by atoms with Gasteiger partial charge in [0.15, 0.2) is 5.65 Å². The molecular weight excluding hydrogens is 466 g/mol. The van der Waals surface area contributed by atoms with Gasteiger partial charge in [-0.15, -0.1) is 0 Å². The normalized spacial score (nSPS) is 11.1. The number of hydrogen-bond donors (Lipinski definition) is 2. The molecule has 2 heterocycles. The number of nitrogens with zero attached hydrogens (tertiary/aromatic N) is 3. The van der Waals surface area contributed by atoms with Crippen LogP contribution < -0.4 is 20.5 Å². The third-order valence-corrected chi connectivity index (χ3v) is 6.09. The maximum absolute atomic E-state index is 13.4. The van der Waals surface area contributed by atoms with E-state index in [2.05, 4.69) is 5.32 Å². The number of nitrogen functional groups attached to an aromatic ring is 1. The van der Waals surface area contributed by atoms with Gasteiger partial charge >= 0.3 is 0 Å².